The van der Waals surface area contributed by atoms with E-state index in [4.69, 9.17) is 15.2 Å². The first-order valence-electron chi connectivity index (χ1n) is 6.42. The van der Waals surface area contributed by atoms with Gasteiger partial charge in [0.1, 0.15) is 0 Å². The summed E-state index contributed by atoms with van der Waals surface area (Å²) in [5.41, 5.74) is 5.91. The molecule has 2 N–H and O–H groups in total. The van der Waals surface area contributed by atoms with E-state index in [0.717, 1.165) is 26.1 Å². The van der Waals surface area contributed by atoms with Crippen LogP contribution >= 0.6 is 0 Å². The summed E-state index contributed by atoms with van der Waals surface area (Å²) in [6.45, 7) is 7.80. The molecule has 2 fully saturated rings. The van der Waals surface area contributed by atoms with Crippen LogP contribution in [-0.4, -0.2) is 55.5 Å². The maximum Gasteiger partial charge on any atom is 0.0743 e. The Hall–Kier alpha value is -0.160. The number of rotatable bonds is 3. The van der Waals surface area contributed by atoms with Gasteiger partial charge in [0.05, 0.1) is 18.3 Å². The van der Waals surface area contributed by atoms with Crippen LogP contribution in [0.1, 0.15) is 26.7 Å². The number of morpholine rings is 1. The van der Waals surface area contributed by atoms with Crippen molar-refractivity contribution < 1.29 is 9.47 Å². The van der Waals surface area contributed by atoms with Gasteiger partial charge < -0.3 is 15.2 Å². The minimum absolute atomic E-state index is 0.305. The lowest BCUT2D eigenvalue weighted by atomic mass is 10.0. The molecule has 2 heterocycles. The summed E-state index contributed by atoms with van der Waals surface area (Å²) in [7, 11) is 0. The predicted octanol–water partition coefficient (Wildman–Crippen LogP) is 0.602. The number of ether oxygens (including phenoxy) is 2. The van der Waals surface area contributed by atoms with Crippen LogP contribution in [0, 0.1) is 0 Å². The lowest BCUT2D eigenvalue weighted by molar-refractivity contribution is -0.0960. The van der Waals surface area contributed by atoms with Crippen LogP contribution in [0.4, 0.5) is 0 Å². The SMILES string of the molecule is CC1CN(C(CN)C2CCCO2)CC(C)O1. The van der Waals surface area contributed by atoms with Gasteiger partial charge in [-0.25, -0.2) is 0 Å². The topological polar surface area (TPSA) is 47.7 Å². The van der Waals surface area contributed by atoms with Gasteiger partial charge in [-0.05, 0) is 26.7 Å². The second-order valence-electron chi connectivity index (χ2n) is 5.07. The van der Waals surface area contributed by atoms with Gasteiger partial charge in [-0.3, -0.25) is 4.90 Å². The van der Waals surface area contributed by atoms with Crippen molar-refractivity contribution in [2.45, 2.75) is 51.0 Å². The van der Waals surface area contributed by atoms with E-state index in [2.05, 4.69) is 18.7 Å². The monoisotopic (exact) mass is 228 g/mol. The quantitative estimate of drug-likeness (QED) is 0.768. The highest BCUT2D eigenvalue weighted by Gasteiger charge is 2.33. The fraction of sp³-hybridized carbons (Fsp3) is 1.00. The molecule has 0 saturated carbocycles. The summed E-state index contributed by atoms with van der Waals surface area (Å²) in [5, 5.41) is 0. The van der Waals surface area contributed by atoms with Gasteiger partial charge in [-0.15, -0.1) is 0 Å². The largest absolute Gasteiger partial charge is 0.377 e. The second-order valence-corrected chi connectivity index (χ2v) is 5.07. The third-order valence-corrected chi connectivity index (χ3v) is 3.55. The van der Waals surface area contributed by atoms with Crippen LogP contribution in [0.2, 0.25) is 0 Å². The first kappa shape index (κ1) is 12.3. The number of nitrogens with two attached hydrogens (primary N) is 1. The minimum Gasteiger partial charge on any atom is -0.377 e. The molecule has 94 valence electrons. The molecule has 4 unspecified atom stereocenters. The highest BCUT2D eigenvalue weighted by atomic mass is 16.5. The zero-order chi connectivity index (χ0) is 11.5. The summed E-state index contributed by atoms with van der Waals surface area (Å²) in [5.74, 6) is 0. The van der Waals surface area contributed by atoms with Crippen LogP contribution in [0.5, 0.6) is 0 Å². The molecular formula is C12H24N2O2. The van der Waals surface area contributed by atoms with Crippen LogP contribution in [0.25, 0.3) is 0 Å². The summed E-state index contributed by atoms with van der Waals surface area (Å²) < 4.78 is 11.5. The molecule has 0 spiro atoms. The maximum absolute atomic E-state index is 5.91. The Bertz CT molecular complexity index is 209. The Labute approximate surface area is 98.1 Å². The highest BCUT2D eigenvalue weighted by molar-refractivity contribution is 4.87. The molecule has 4 atom stereocenters. The first-order chi connectivity index (χ1) is 7.70. The van der Waals surface area contributed by atoms with Crippen molar-refractivity contribution in [1.82, 2.24) is 4.90 Å². The molecule has 0 aliphatic carbocycles. The van der Waals surface area contributed by atoms with Crippen LogP contribution in [0.15, 0.2) is 0 Å². The van der Waals surface area contributed by atoms with Crippen molar-refractivity contribution in [2.24, 2.45) is 5.73 Å². The molecule has 0 amide bonds. The van der Waals surface area contributed by atoms with E-state index in [9.17, 15) is 0 Å². The Morgan fingerprint density at radius 2 is 2.00 bits per heavy atom. The fourth-order valence-electron chi connectivity index (χ4n) is 2.93. The standard InChI is InChI=1S/C12H24N2O2/c1-9-7-14(8-10(2)16-9)11(6-13)12-4-3-5-15-12/h9-12H,3-8,13H2,1-2H3. The zero-order valence-corrected chi connectivity index (χ0v) is 10.4. The average molecular weight is 228 g/mol. The lowest BCUT2D eigenvalue weighted by Crippen LogP contribution is -2.56. The molecule has 0 bridgehead atoms. The highest BCUT2D eigenvalue weighted by Crippen LogP contribution is 2.22. The number of hydrogen-bond acceptors (Lipinski definition) is 4. The van der Waals surface area contributed by atoms with Gasteiger partial charge >= 0.3 is 0 Å². The van der Waals surface area contributed by atoms with E-state index in [1.54, 1.807) is 0 Å². The third-order valence-electron chi connectivity index (χ3n) is 3.55. The summed E-state index contributed by atoms with van der Waals surface area (Å²) >= 11 is 0. The summed E-state index contributed by atoms with van der Waals surface area (Å²) in [6.07, 6.45) is 3.28. The fourth-order valence-corrected chi connectivity index (χ4v) is 2.93. The van der Waals surface area contributed by atoms with Crippen molar-refractivity contribution >= 4 is 0 Å². The molecule has 4 heteroatoms. The van der Waals surface area contributed by atoms with Crippen molar-refractivity contribution in [3.05, 3.63) is 0 Å². The molecule has 0 aromatic rings. The van der Waals surface area contributed by atoms with E-state index >= 15 is 0 Å². The third kappa shape index (κ3) is 2.74. The van der Waals surface area contributed by atoms with Gasteiger partial charge in [-0.1, -0.05) is 0 Å². The van der Waals surface area contributed by atoms with E-state index in [-0.39, 0.29) is 0 Å². The maximum atomic E-state index is 5.91. The molecule has 2 rings (SSSR count). The van der Waals surface area contributed by atoms with Gasteiger partial charge in [-0.2, -0.15) is 0 Å². The average Bonchev–Trinajstić information content (AvgIpc) is 2.70. The predicted molar refractivity (Wildman–Crippen MR) is 63.4 cm³/mol. The molecule has 0 aromatic carbocycles. The van der Waals surface area contributed by atoms with E-state index in [0.29, 0.717) is 30.9 Å². The van der Waals surface area contributed by atoms with Crippen molar-refractivity contribution in [3.8, 4) is 0 Å². The molecule has 2 aliphatic rings. The number of hydrogen-bond donors (Lipinski definition) is 1. The Morgan fingerprint density at radius 1 is 1.31 bits per heavy atom. The van der Waals surface area contributed by atoms with Gasteiger partial charge in [0.2, 0.25) is 0 Å². The molecule has 0 radical (unpaired) electrons. The van der Waals surface area contributed by atoms with Gasteiger partial charge in [0.25, 0.3) is 0 Å². The van der Waals surface area contributed by atoms with E-state index in [1.165, 1.54) is 6.42 Å². The molecule has 16 heavy (non-hydrogen) atoms. The van der Waals surface area contributed by atoms with Crippen molar-refractivity contribution in [2.75, 3.05) is 26.2 Å². The summed E-state index contributed by atoms with van der Waals surface area (Å²) in [4.78, 5) is 2.45. The molecular weight excluding hydrogens is 204 g/mol. The van der Waals surface area contributed by atoms with Crippen LogP contribution in [0.3, 0.4) is 0 Å². The Morgan fingerprint density at radius 3 is 2.50 bits per heavy atom. The van der Waals surface area contributed by atoms with Crippen LogP contribution < -0.4 is 5.73 Å². The second kappa shape index (κ2) is 5.45. The Balaban J connectivity index is 1.96. The summed E-state index contributed by atoms with van der Waals surface area (Å²) in [6, 6.07) is 0.372. The smallest absolute Gasteiger partial charge is 0.0743 e. The van der Waals surface area contributed by atoms with Gasteiger partial charge in [0.15, 0.2) is 0 Å². The lowest BCUT2D eigenvalue weighted by Gasteiger charge is -2.41. The minimum atomic E-state index is 0.305. The zero-order valence-electron chi connectivity index (χ0n) is 10.4. The normalized spacial score (nSPS) is 38.8. The van der Waals surface area contributed by atoms with Crippen LogP contribution in [-0.2, 0) is 9.47 Å². The molecule has 2 saturated heterocycles. The molecule has 4 nitrogen and oxygen atoms in total. The van der Waals surface area contributed by atoms with E-state index < -0.39 is 0 Å². The van der Waals surface area contributed by atoms with Crippen molar-refractivity contribution in [3.63, 3.8) is 0 Å². The number of nitrogens with zero attached hydrogens (tertiary/aromatic N) is 1. The van der Waals surface area contributed by atoms with Crippen molar-refractivity contribution in [1.29, 1.82) is 0 Å². The van der Waals surface area contributed by atoms with E-state index in [1.807, 2.05) is 0 Å². The molecule has 0 aromatic heterocycles. The van der Waals surface area contributed by atoms with Gasteiger partial charge in [0, 0.05) is 32.3 Å². The first-order valence-corrected chi connectivity index (χ1v) is 6.42. The molecule has 2 aliphatic heterocycles. The Kier molecular flexibility index (Phi) is 4.19.